The van der Waals surface area contributed by atoms with E-state index in [1.807, 2.05) is 23.1 Å². The maximum Gasteiger partial charge on any atom is 0.251 e. The number of carbonyl (C=O) groups is 2. The summed E-state index contributed by atoms with van der Waals surface area (Å²) in [5.41, 5.74) is 0.609. The molecule has 4 nitrogen and oxygen atoms in total. The molecular weight excluding hydrogens is 228 g/mol. The van der Waals surface area contributed by atoms with Gasteiger partial charge in [0.1, 0.15) is 6.04 Å². The molecule has 0 radical (unpaired) electrons. The van der Waals surface area contributed by atoms with Crippen LogP contribution in [0.1, 0.15) is 29.6 Å². The van der Waals surface area contributed by atoms with Crippen molar-refractivity contribution in [2.75, 3.05) is 6.54 Å². The smallest absolute Gasteiger partial charge is 0.251 e. The number of benzene rings is 1. The minimum atomic E-state index is -0.331. The first kappa shape index (κ1) is 11.3. The third-order valence-corrected chi connectivity index (χ3v) is 3.81. The van der Waals surface area contributed by atoms with Gasteiger partial charge in [-0.1, -0.05) is 18.2 Å². The summed E-state index contributed by atoms with van der Waals surface area (Å²) < 4.78 is 0. The zero-order valence-corrected chi connectivity index (χ0v) is 10.1. The predicted octanol–water partition coefficient (Wildman–Crippen LogP) is 1.18. The monoisotopic (exact) mass is 244 g/mol. The van der Waals surface area contributed by atoms with Crippen LogP contribution < -0.4 is 5.32 Å². The van der Waals surface area contributed by atoms with Gasteiger partial charge in [0.25, 0.3) is 5.91 Å². The third-order valence-electron chi connectivity index (χ3n) is 3.81. The molecule has 0 aliphatic carbocycles. The predicted molar refractivity (Wildman–Crippen MR) is 67.0 cm³/mol. The van der Waals surface area contributed by atoms with Crippen LogP contribution in [0.2, 0.25) is 0 Å². The third kappa shape index (κ3) is 1.88. The van der Waals surface area contributed by atoms with Crippen LogP contribution in [0.5, 0.6) is 0 Å². The lowest BCUT2D eigenvalue weighted by Crippen LogP contribution is -2.41. The fourth-order valence-corrected chi connectivity index (χ4v) is 2.90. The molecule has 1 aromatic carbocycles. The number of rotatable bonds is 2. The number of hydrogen-bond donors (Lipinski definition) is 1. The second-order valence-corrected chi connectivity index (χ2v) is 4.96. The molecule has 2 fully saturated rings. The number of nitrogens with one attached hydrogen (secondary N) is 1. The molecule has 3 rings (SSSR count). The number of hydrogen-bond acceptors (Lipinski definition) is 2. The van der Waals surface area contributed by atoms with Crippen molar-refractivity contribution in [2.24, 2.45) is 0 Å². The van der Waals surface area contributed by atoms with Crippen molar-refractivity contribution in [3.63, 3.8) is 0 Å². The van der Waals surface area contributed by atoms with Crippen LogP contribution in [0, 0.1) is 0 Å². The van der Waals surface area contributed by atoms with Crippen LogP contribution in [0.25, 0.3) is 0 Å². The summed E-state index contributed by atoms with van der Waals surface area (Å²) in [4.78, 5) is 26.0. The molecule has 94 valence electrons. The van der Waals surface area contributed by atoms with Crippen LogP contribution in [0.3, 0.4) is 0 Å². The topological polar surface area (TPSA) is 49.4 Å². The first-order valence-electron chi connectivity index (χ1n) is 6.42. The Morgan fingerprint density at radius 1 is 1.28 bits per heavy atom. The Kier molecular flexibility index (Phi) is 2.78. The van der Waals surface area contributed by atoms with Gasteiger partial charge in [0.2, 0.25) is 5.91 Å². The second-order valence-electron chi connectivity index (χ2n) is 4.96. The average molecular weight is 244 g/mol. The molecule has 2 heterocycles. The van der Waals surface area contributed by atoms with E-state index in [0.717, 1.165) is 25.8 Å². The zero-order chi connectivity index (χ0) is 12.5. The van der Waals surface area contributed by atoms with Gasteiger partial charge < -0.3 is 10.2 Å². The highest BCUT2D eigenvalue weighted by Crippen LogP contribution is 2.28. The van der Waals surface area contributed by atoms with E-state index in [4.69, 9.17) is 0 Å². The first-order chi connectivity index (χ1) is 8.75. The van der Waals surface area contributed by atoms with Crippen LogP contribution in [-0.2, 0) is 4.79 Å². The highest BCUT2D eigenvalue weighted by molar-refractivity contribution is 5.98. The average Bonchev–Trinajstić information content (AvgIpc) is 2.95. The van der Waals surface area contributed by atoms with Crippen molar-refractivity contribution >= 4 is 11.8 Å². The van der Waals surface area contributed by atoms with Crippen molar-refractivity contribution in [3.8, 4) is 0 Å². The van der Waals surface area contributed by atoms with Crippen LogP contribution >= 0.6 is 0 Å². The first-order valence-corrected chi connectivity index (χ1v) is 6.42. The molecule has 0 spiro atoms. The van der Waals surface area contributed by atoms with E-state index in [1.54, 1.807) is 12.1 Å². The molecular formula is C14H16N2O2. The largest absolute Gasteiger partial charge is 0.340 e. The minimum Gasteiger partial charge on any atom is -0.340 e. The fraction of sp³-hybridized carbons (Fsp3) is 0.429. The van der Waals surface area contributed by atoms with Crippen LogP contribution in [-0.4, -0.2) is 35.3 Å². The van der Waals surface area contributed by atoms with Gasteiger partial charge in [-0.05, 0) is 31.4 Å². The number of fused-ring (bicyclic) bond motifs is 1. The van der Waals surface area contributed by atoms with E-state index < -0.39 is 0 Å². The summed E-state index contributed by atoms with van der Waals surface area (Å²) in [6.07, 6.45) is 2.93. The van der Waals surface area contributed by atoms with Crippen molar-refractivity contribution in [1.29, 1.82) is 0 Å². The van der Waals surface area contributed by atoms with Crippen LogP contribution in [0.4, 0.5) is 0 Å². The van der Waals surface area contributed by atoms with E-state index in [2.05, 4.69) is 5.32 Å². The Morgan fingerprint density at radius 3 is 2.78 bits per heavy atom. The lowest BCUT2D eigenvalue weighted by Gasteiger charge is -2.14. The quantitative estimate of drug-likeness (QED) is 0.849. The van der Waals surface area contributed by atoms with Crippen molar-refractivity contribution in [3.05, 3.63) is 35.9 Å². The SMILES string of the molecule is O=C(N[C@H]1C[C@H]2CCCN2C1=O)c1ccccc1. The zero-order valence-electron chi connectivity index (χ0n) is 10.1. The molecule has 2 amide bonds. The van der Waals surface area contributed by atoms with Gasteiger partial charge >= 0.3 is 0 Å². The molecule has 4 heteroatoms. The van der Waals surface area contributed by atoms with E-state index >= 15 is 0 Å². The fourth-order valence-electron chi connectivity index (χ4n) is 2.90. The summed E-state index contributed by atoms with van der Waals surface area (Å²) in [6, 6.07) is 9.05. The Balaban J connectivity index is 1.68. The van der Waals surface area contributed by atoms with Gasteiger partial charge in [-0.3, -0.25) is 9.59 Å². The Hall–Kier alpha value is -1.84. The molecule has 2 atom stereocenters. The molecule has 1 N–H and O–H groups in total. The highest BCUT2D eigenvalue weighted by Gasteiger charge is 2.42. The van der Waals surface area contributed by atoms with E-state index in [1.165, 1.54) is 0 Å². The molecule has 1 aromatic rings. The van der Waals surface area contributed by atoms with Gasteiger partial charge in [0.15, 0.2) is 0 Å². The van der Waals surface area contributed by atoms with Gasteiger partial charge in [0, 0.05) is 18.2 Å². The number of amides is 2. The Bertz CT molecular complexity index is 472. The standard InChI is InChI=1S/C14H16N2O2/c17-13(10-5-2-1-3-6-10)15-12-9-11-7-4-8-16(11)14(12)18/h1-3,5-6,11-12H,4,7-9H2,(H,15,17)/t11-,12+/m1/s1. The summed E-state index contributed by atoms with van der Waals surface area (Å²) in [5, 5.41) is 2.84. The minimum absolute atomic E-state index is 0.0850. The molecule has 2 aliphatic heterocycles. The van der Waals surface area contributed by atoms with E-state index in [-0.39, 0.29) is 17.9 Å². The summed E-state index contributed by atoms with van der Waals surface area (Å²) in [7, 11) is 0. The molecule has 0 bridgehead atoms. The van der Waals surface area contributed by atoms with Gasteiger partial charge in [0.05, 0.1) is 0 Å². The molecule has 0 aromatic heterocycles. The summed E-state index contributed by atoms with van der Waals surface area (Å²) >= 11 is 0. The van der Waals surface area contributed by atoms with Gasteiger partial charge in [-0.2, -0.15) is 0 Å². The van der Waals surface area contributed by atoms with E-state index in [9.17, 15) is 9.59 Å². The number of carbonyl (C=O) groups excluding carboxylic acids is 2. The van der Waals surface area contributed by atoms with Gasteiger partial charge in [-0.15, -0.1) is 0 Å². The lowest BCUT2D eigenvalue weighted by atomic mass is 10.1. The molecule has 18 heavy (non-hydrogen) atoms. The van der Waals surface area contributed by atoms with Crippen molar-refractivity contribution in [1.82, 2.24) is 10.2 Å². The molecule has 0 unspecified atom stereocenters. The Labute approximate surface area is 106 Å². The summed E-state index contributed by atoms with van der Waals surface area (Å²) in [5.74, 6) is -0.0723. The maximum absolute atomic E-state index is 12.1. The van der Waals surface area contributed by atoms with E-state index in [0.29, 0.717) is 11.6 Å². The molecule has 0 saturated carbocycles. The van der Waals surface area contributed by atoms with Crippen LogP contribution in [0.15, 0.2) is 30.3 Å². The maximum atomic E-state index is 12.1. The second kappa shape index (κ2) is 4.44. The highest BCUT2D eigenvalue weighted by atomic mass is 16.2. The lowest BCUT2D eigenvalue weighted by molar-refractivity contribution is -0.129. The molecule has 2 aliphatic rings. The Morgan fingerprint density at radius 2 is 2.06 bits per heavy atom. The van der Waals surface area contributed by atoms with Gasteiger partial charge in [-0.25, -0.2) is 0 Å². The van der Waals surface area contributed by atoms with Crippen molar-refractivity contribution in [2.45, 2.75) is 31.3 Å². The van der Waals surface area contributed by atoms with Crippen molar-refractivity contribution < 1.29 is 9.59 Å². The number of nitrogens with zero attached hydrogens (tertiary/aromatic N) is 1. The summed E-state index contributed by atoms with van der Waals surface area (Å²) in [6.45, 7) is 0.848. The normalized spacial score (nSPS) is 26.2. The molecule has 2 saturated heterocycles.